The van der Waals surface area contributed by atoms with E-state index in [1.165, 1.54) is 16.6 Å². The van der Waals surface area contributed by atoms with Crippen LogP contribution >= 0.6 is 23.1 Å². The number of pyridine rings is 1. The van der Waals surface area contributed by atoms with Crippen molar-refractivity contribution in [3.05, 3.63) is 35.3 Å². The monoisotopic (exact) mass is 288 g/mol. The van der Waals surface area contributed by atoms with E-state index in [-0.39, 0.29) is 0 Å². The van der Waals surface area contributed by atoms with Crippen LogP contribution in [0.2, 0.25) is 0 Å². The zero-order chi connectivity index (χ0) is 13.2. The van der Waals surface area contributed by atoms with Gasteiger partial charge in [0.15, 0.2) is 0 Å². The Morgan fingerprint density at radius 3 is 2.95 bits per heavy atom. The lowest BCUT2D eigenvalue weighted by atomic mass is 10.3. The van der Waals surface area contributed by atoms with Crippen LogP contribution in [0.3, 0.4) is 0 Å². The van der Waals surface area contributed by atoms with Crippen LogP contribution in [0.5, 0.6) is 0 Å². The van der Waals surface area contributed by atoms with Crippen molar-refractivity contribution in [3.8, 4) is 0 Å². The van der Waals surface area contributed by atoms with Crippen molar-refractivity contribution in [2.75, 3.05) is 5.73 Å². The maximum atomic E-state index is 5.78. The Bertz CT molecular complexity index is 709. The number of nitrogen functional groups attached to an aromatic ring is 1. The summed E-state index contributed by atoms with van der Waals surface area (Å²) in [4.78, 5) is 15.2. The van der Waals surface area contributed by atoms with Crippen LogP contribution < -0.4 is 5.73 Å². The quantitative estimate of drug-likeness (QED) is 0.748. The van der Waals surface area contributed by atoms with Gasteiger partial charge < -0.3 is 5.73 Å². The van der Waals surface area contributed by atoms with Gasteiger partial charge in [0, 0.05) is 16.5 Å². The van der Waals surface area contributed by atoms with Crippen molar-refractivity contribution in [1.82, 2.24) is 15.0 Å². The summed E-state index contributed by atoms with van der Waals surface area (Å²) >= 11 is 3.19. The zero-order valence-corrected chi connectivity index (χ0v) is 12.0. The van der Waals surface area contributed by atoms with Gasteiger partial charge >= 0.3 is 0 Å². The Hall–Kier alpha value is -1.66. The molecule has 96 valence electrons. The third-order valence-electron chi connectivity index (χ3n) is 2.61. The number of aromatic nitrogens is 3. The molecule has 0 radical (unpaired) electrons. The van der Waals surface area contributed by atoms with Gasteiger partial charge in [-0.25, -0.2) is 15.0 Å². The Morgan fingerprint density at radius 2 is 2.21 bits per heavy atom. The minimum absolute atomic E-state index is 0.315. The van der Waals surface area contributed by atoms with Crippen LogP contribution in [0.25, 0.3) is 10.2 Å². The fourth-order valence-electron chi connectivity index (χ4n) is 1.72. The Morgan fingerprint density at radius 1 is 1.32 bits per heavy atom. The highest BCUT2D eigenvalue weighted by Crippen LogP contribution is 2.34. The lowest BCUT2D eigenvalue weighted by Gasteiger charge is -2.02. The van der Waals surface area contributed by atoms with Crippen molar-refractivity contribution in [2.45, 2.75) is 23.4 Å². The molecule has 0 amide bonds. The molecule has 0 saturated carbocycles. The molecule has 0 aromatic carbocycles. The maximum absolute atomic E-state index is 5.78. The normalized spacial score (nSPS) is 11.0. The second-order valence-electron chi connectivity index (χ2n) is 3.94. The van der Waals surface area contributed by atoms with Crippen molar-refractivity contribution in [3.63, 3.8) is 0 Å². The van der Waals surface area contributed by atoms with Gasteiger partial charge in [-0.05, 0) is 36.4 Å². The lowest BCUT2D eigenvalue weighted by molar-refractivity contribution is 1.09. The summed E-state index contributed by atoms with van der Waals surface area (Å²) in [7, 11) is 0. The summed E-state index contributed by atoms with van der Waals surface area (Å²) < 4.78 is 0. The fraction of sp³-hybridized carbons (Fsp3) is 0.154. The van der Waals surface area contributed by atoms with E-state index < -0.39 is 0 Å². The number of hydrogen-bond acceptors (Lipinski definition) is 6. The number of rotatable bonds is 3. The standard InChI is InChI=1S/C13H12N4S2/c1-2-8-7-9-11(18-8)16-13(14)17-12(9)19-10-5-3-4-6-15-10/h3-7H,2H2,1H3,(H2,14,16,17). The first-order valence-corrected chi connectivity index (χ1v) is 7.54. The molecule has 19 heavy (non-hydrogen) atoms. The van der Waals surface area contributed by atoms with Crippen LogP contribution in [0.4, 0.5) is 5.95 Å². The molecule has 4 nitrogen and oxygen atoms in total. The number of hydrogen-bond donors (Lipinski definition) is 1. The first-order valence-electron chi connectivity index (χ1n) is 5.91. The lowest BCUT2D eigenvalue weighted by Crippen LogP contribution is -1.95. The van der Waals surface area contributed by atoms with E-state index in [9.17, 15) is 0 Å². The van der Waals surface area contributed by atoms with Crippen molar-refractivity contribution in [2.24, 2.45) is 0 Å². The van der Waals surface area contributed by atoms with Crippen molar-refractivity contribution < 1.29 is 0 Å². The number of anilines is 1. The number of aryl methyl sites for hydroxylation is 1. The van der Waals surface area contributed by atoms with E-state index in [0.29, 0.717) is 5.95 Å². The number of thiophene rings is 1. The molecule has 0 spiro atoms. The van der Waals surface area contributed by atoms with Gasteiger partial charge in [-0.2, -0.15) is 0 Å². The third-order valence-corrected chi connectivity index (χ3v) is 4.74. The average molecular weight is 288 g/mol. The molecule has 3 aromatic rings. The highest BCUT2D eigenvalue weighted by atomic mass is 32.2. The summed E-state index contributed by atoms with van der Waals surface area (Å²) in [6, 6.07) is 7.96. The molecule has 0 aliphatic heterocycles. The van der Waals surface area contributed by atoms with Crippen LogP contribution in [0, 0.1) is 0 Å². The molecule has 0 bridgehead atoms. The molecule has 2 N–H and O–H groups in total. The molecule has 6 heteroatoms. The molecule has 0 aliphatic rings. The van der Waals surface area contributed by atoms with E-state index in [1.54, 1.807) is 17.5 Å². The van der Waals surface area contributed by atoms with E-state index in [1.807, 2.05) is 18.2 Å². The fourth-order valence-corrected chi connectivity index (χ4v) is 3.62. The van der Waals surface area contributed by atoms with Crippen LogP contribution in [0.1, 0.15) is 11.8 Å². The first kappa shape index (κ1) is 12.4. The predicted octanol–water partition coefficient (Wildman–Crippen LogP) is 3.38. The van der Waals surface area contributed by atoms with Gasteiger partial charge in [-0.15, -0.1) is 11.3 Å². The summed E-state index contributed by atoms with van der Waals surface area (Å²) in [5, 5.41) is 2.84. The van der Waals surface area contributed by atoms with Crippen molar-refractivity contribution in [1.29, 1.82) is 0 Å². The van der Waals surface area contributed by atoms with Gasteiger partial charge in [0.1, 0.15) is 14.9 Å². The molecule has 0 fully saturated rings. The molecular weight excluding hydrogens is 276 g/mol. The SMILES string of the molecule is CCc1cc2c(Sc3ccccn3)nc(N)nc2s1. The molecule has 3 heterocycles. The Balaban J connectivity index is 2.09. The van der Waals surface area contributed by atoms with E-state index in [4.69, 9.17) is 5.73 Å². The largest absolute Gasteiger partial charge is 0.368 e. The van der Waals surface area contributed by atoms with Crippen LogP contribution in [-0.4, -0.2) is 15.0 Å². The first-order chi connectivity index (χ1) is 9.26. The highest BCUT2D eigenvalue weighted by Gasteiger charge is 2.11. The van der Waals surface area contributed by atoms with Crippen LogP contribution in [0.15, 0.2) is 40.5 Å². The van der Waals surface area contributed by atoms with Gasteiger partial charge in [0.25, 0.3) is 0 Å². The summed E-state index contributed by atoms with van der Waals surface area (Å²) in [5.41, 5.74) is 5.78. The van der Waals surface area contributed by atoms with Gasteiger partial charge in [0.2, 0.25) is 5.95 Å². The number of nitrogens with two attached hydrogens (primary N) is 1. The molecule has 0 saturated heterocycles. The minimum Gasteiger partial charge on any atom is -0.368 e. The smallest absolute Gasteiger partial charge is 0.222 e. The molecule has 3 aromatic heterocycles. The summed E-state index contributed by atoms with van der Waals surface area (Å²) in [5.74, 6) is 0.315. The average Bonchev–Trinajstić information content (AvgIpc) is 2.83. The summed E-state index contributed by atoms with van der Waals surface area (Å²) in [6.07, 6.45) is 2.77. The Kier molecular flexibility index (Phi) is 3.35. The van der Waals surface area contributed by atoms with Gasteiger partial charge in [0.05, 0.1) is 0 Å². The summed E-state index contributed by atoms with van der Waals surface area (Å²) in [6.45, 7) is 2.13. The third kappa shape index (κ3) is 2.54. The number of fused-ring (bicyclic) bond motifs is 1. The minimum atomic E-state index is 0.315. The molecular formula is C13H12N4S2. The number of nitrogens with zero attached hydrogens (tertiary/aromatic N) is 3. The van der Waals surface area contributed by atoms with Crippen molar-refractivity contribution >= 4 is 39.3 Å². The topological polar surface area (TPSA) is 64.7 Å². The van der Waals surface area contributed by atoms with Gasteiger partial charge in [-0.1, -0.05) is 13.0 Å². The zero-order valence-electron chi connectivity index (χ0n) is 10.3. The van der Waals surface area contributed by atoms with E-state index in [2.05, 4.69) is 27.9 Å². The Labute approximate surface area is 119 Å². The highest BCUT2D eigenvalue weighted by molar-refractivity contribution is 7.99. The van der Waals surface area contributed by atoms with E-state index >= 15 is 0 Å². The molecule has 3 rings (SSSR count). The molecule has 0 unspecified atom stereocenters. The second-order valence-corrected chi connectivity index (χ2v) is 6.07. The second kappa shape index (κ2) is 5.14. The maximum Gasteiger partial charge on any atom is 0.222 e. The predicted molar refractivity (Wildman–Crippen MR) is 79.6 cm³/mol. The van der Waals surface area contributed by atoms with E-state index in [0.717, 1.165) is 26.7 Å². The molecule has 0 atom stereocenters. The molecule has 0 aliphatic carbocycles. The van der Waals surface area contributed by atoms with Gasteiger partial charge in [-0.3, -0.25) is 0 Å². The van der Waals surface area contributed by atoms with Crippen LogP contribution in [-0.2, 0) is 6.42 Å².